The molecule has 0 saturated heterocycles. The Labute approximate surface area is 127 Å². The van der Waals surface area contributed by atoms with Gasteiger partial charge >= 0.3 is 0 Å². The second kappa shape index (κ2) is 6.09. The lowest BCUT2D eigenvalue weighted by atomic mass is 10.1. The van der Waals surface area contributed by atoms with E-state index < -0.39 is 0 Å². The third-order valence-electron chi connectivity index (χ3n) is 3.24. The zero-order chi connectivity index (χ0) is 15.6. The Morgan fingerprint density at radius 3 is 2.86 bits per heavy atom. The molecule has 0 aliphatic heterocycles. The monoisotopic (exact) mass is 306 g/mol. The first-order chi connectivity index (χ1) is 9.92. The molecular weight excluding hydrogens is 288 g/mol. The van der Waals surface area contributed by atoms with Crippen molar-refractivity contribution in [3.05, 3.63) is 23.8 Å². The van der Waals surface area contributed by atoms with Crippen LogP contribution in [0.4, 0.5) is 5.13 Å². The van der Waals surface area contributed by atoms with Crippen molar-refractivity contribution in [1.29, 1.82) is 0 Å². The summed E-state index contributed by atoms with van der Waals surface area (Å²) < 4.78 is 0.881. The first-order valence-electron chi connectivity index (χ1n) is 6.55. The van der Waals surface area contributed by atoms with Gasteiger partial charge in [0.05, 0.1) is 16.1 Å². The van der Waals surface area contributed by atoms with Crippen molar-refractivity contribution >= 4 is 38.5 Å². The number of anilines is 1. The first-order valence-corrected chi connectivity index (χ1v) is 7.37. The number of benzene rings is 1. The number of fused-ring (bicyclic) bond motifs is 1. The van der Waals surface area contributed by atoms with E-state index in [0.29, 0.717) is 17.2 Å². The van der Waals surface area contributed by atoms with Crippen LogP contribution in [0, 0.1) is 5.92 Å². The summed E-state index contributed by atoms with van der Waals surface area (Å²) in [5.74, 6) is -0.466. The summed E-state index contributed by atoms with van der Waals surface area (Å²) in [6.45, 7) is 2.15. The van der Waals surface area contributed by atoms with Gasteiger partial charge in [0.2, 0.25) is 5.91 Å². The Bertz CT molecular complexity index is 683. The topological polar surface area (TPSA) is 88.3 Å². The lowest BCUT2D eigenvalue weighted by molar-refractivity contribution is -0.124. The van der Waals surface area contributed by atoms with E-state index in [-0.39, 0.29) is 17.7 Å². The molecule has 0 aliphatic rings. The van der Waals surface area contributed by atoms with Crippen LogP contribution in [0.25, 0.3) is 10.2 Å². The summed E-state index contributed by atoms with van der Waals surface area (Å²) >= 11 is 1.35. The number of hydrogen-bond donors (Lipinski definition) is 2. The van der Waals surface area contributed by atoms with Crippen LogP contribution in [-0.2, 0) is 4.79 Å². The first kappa shape index (κ1) is 15.2. The van der Waals surface area contributed by atoms with Gasteiger partial charge in [0, 0.05) is 26.2 Å². The number of nitrogens with one attached hydrogen (secondary N) is 1. The molecule has 2 rings (SSSR count). The van der Waals surface area contributed by atoms with Gasteiger partial charge in [-0.3, -0.25) is 9.59 Å². The minimum atomic E-state index is -0.258. The zero-order valence-corrected chi connectivity index (χ0v) is 13.0. The predicted molar refractivity (Wildman–Crippen MR) is 84.2 cm³/mol. The standard InChI is InChI=1S/C14H18N4O2S/c1-8(12(19)16-2)7-18(3)13(20)9-4-5-10-11(6-9)21-14(15)17-10/h4-6,8H,7H2,1-3H3,(H2,15,17)(H,16,19). The maximum Gasteiger partial charge on any atom is 0.253 e. The molecule has 21 heavy (non-hydrogen) atoms. The van der Waals surface area contributed by atoms with E-state index >= 15 is 0 Å². The van der Waals surface area contributed by atoms with Gasteiger partial charge in [0.25, 0.3) is 5.91 Å². The van der Waals surface area contributed by atoms with Crippen molar-refractivity contribution in [3.8, 4) is 0 Å². The molecule has 0 spiro atoms. The quantitative estimate of drug-likeness (QED) is 0.892. The van der Waals surface area contributed by atoms with Crippen LogP contribution in [0.2, 0.25) is 0 Å². The molecule has 1 heterocycles. The Hall–Kier alpha value is -2.15. The highest BCUT2D eigenvalue weighted by Crippen LogP contribution is 2.25. The Balaban J connectivity index is 2.15. The molecule has 2 aromatic rings. The summed E-state index contributed by atoms with van der Waals surface area (Å²) in [5.41, 5.74) is 7.01. The molecule has 3 N–H and O–H groups in total. The molecule has 0 radical (unpaired) electrons. The van der Waals surface area contributed by atoms with Gasteiger partial charge in [-0.2, -0.15) is 0 Å². The number of thiazole rings is 1. The number of carbonyl (C=O) groups is 2. The fraction of sp³-hybridized carbons (Fsp3) is 0.357. The summed E-state index contributed by atoms with van der Waals surface area (Å²) in [4.78, 5) is 29.6. The van der Waals surface area contributed by atoms with Crippen LogP contribution >= 0.6 is 11.3 Å². The number of amides is 2. The molecule has 1 atom stereocenters. The molecule has 6 nitrogen and oxygen atoms in total. The Morgan fingerprint density at radius 2 is 2.19 bits per heavy atom. The van der Waals surface area contributed by atoms with Gasteiger partial charge in [-0.25, -0.2) is 4.98 Å². The molecule has 1 unspecified atom stereocenters. The summed E-state index contributed by atoms with van der Waals surface area (Å²) in [6, 6.07) is 5.29. The zero-order valence-electron chi connectivity index (χ0n) is 12.2. The van der Waals surface area contributed by atoms with E-state index in [1.54, 1.807) is 44.1 Å². The van der Waals surface area contributed by atoms with Crippen LogP contribution in [0.15, 0.2) is 18.2 Å². The summed E-state index contributed by atoms with van der Waals surface area (Å²) in [5, 5.41) is 3.06. The second-order valence-corrected chi connectivity index (χ2v) is 6.00. The smallest absolute Gasteiger partial charge is 0.253 e. The molecule has 112 valence electrons. The van der Waals surface area contributed by atoms with Crippen molar-refractivity contribution in [2.24, 2.45) is 5.92 Å². The van der Waals surface area contributed by atoms with Gasteiger partial charge in [-0.1, -0.05) is 18.3 Å². The van der Waals surface area contributed by atoms with Gasteiger partial charge in [-0.15, -0.1) is 0 Å². The van der Waals surface area contributed by atoms with Crippen LogP contribution < -0.4 is 11.1 Å². The van der Waals surface area contributed by atoms with Crippen molar-refractivity contribution in [1.82, 2.24) is 15.2 Å². The number of aromatic nitrogens is 1. The van der Waals surface area contributed by atoms with Crippen LogP contribution in [0.1, 0.15) is 17.3 Å². The number of hydrogen-bond acceptors (Lipinski definition) is 5. The van der Waals surface area contributed by atoms with Crippen molar-refractivity contribution < 1.29 is 9.59 Å². The SMILES string of the molecule is CNC(=O)C(C)CN(C)C(=O)c1ccc2nc(N)sc2c1. The predicted octanol–water partition coefficient (Wildman–Crippen LogP) is 1.33. The van der Waals surface area contributed by atoms with E-state index in [4.69, 9.17) is 5.73 Å². The number of rotatable bonds is 4. The minimum Gasteiger partial charge on any atom is -0.375 e. The average molecular weight is 306 g/mol. The molecule has 2 amide bonds. The largest absolute Gasteiger partial charge is 0.375 e. The molecule has 7 heteroatoms. The fourth-order valence-corrected chi connectivity index (χ4v) is 2.89. The summed E-state index contributed by atoms with van der Waals surface area (Å²) in [7, 11) is 3.27. The third kappa shape index (κ3) is 3.30. The van der Waals surface area contributed by atoms with E-state index in [9.17, 15) is 9.59 Å². The lowest BCUT2D eigenvalue weighted by Crippen LogP contribution is -2.37. The van der Waals surface area contributed by atoms with E-state index in [2.05, 4.69) is 10.3 Å². The average Bonchev–Trinajstić information content (AvgIpc) is 2.84. The highest BCUT2D eigenvalue weighted by molar-refractivity contribution is 7.22. The third-order valence-corrected chi connectivity index (χ3v) is 4.09. The normalized spacial score (nSPS) is 12.1. The van der Waals surface area contributed by atoms with E-state index in [1.807, 2.05) is 0 Å². The molecule has 0 bridgehead atoms. The minimum absolute atomic E-state index is 0.0830. The highest BCUT2D eigenvalue weighted by Gasteiger charge is 2.19. The fourth-order valence-electron chi connectivity index (χ4n) is 2.12. The molecule has 0 fully saturated rings. The van der Waals surface area contributed by atoms with Crippen molar-refractivity contribution in [3.63, 3.8) is 0 Å². The van der Waals surface area contributed by atoms with E-state index in [0.717, 1.165) is 10.2 Å². The lowest BCUT2D eigenvalue weighted by Gasteiger charge is -2.20. The Morgan fingerprint density at radius 1 is 1.48 bits per heavy atom. The van der Waals surface area contributed by atoms with Crippen molar-refractivity contribution in [2.45, 2.75) is 6.92 Å². The Kier molecular flexibility index (Phi) is 4.42. The van der Waals surface area contributed by atoms with Crippen LogP contribution in [0.3, 0.4) is 0 Å². The molecule has 0 saturated carbocycles. The number of carbonyl (C=O) groups excluding carboxylic acids is 2. The molecule has 1 aromatic heterocycles. The molecule has 0 aliphatic carbocycles. The van der Waals surface area contributed by atoms with E-state index in [1.165, 1.54) is 11.3 Å². The van der Waals surface area contributed by atoms with Gasteiger partial charge in [0.15, 0.2) is 5.13 Å². The molecular formula is C14H18N4O2S. The van der Waals surface area contributed by atoms with Gasteiger partial charge < -0.3 is 16.0 Å². The number of nitrogens with zero attached hydrogens (tertiary/aromatic N) is 2. The van der Waals surface area contributed by atoms with Crippen LogP contribution in [-0.4, -0.2) is 42.3 Å². The van der Waals surface area contributed by atoms with Gasteiger partial charge in [-0.05, 0) is 18.2 Å². The maximum atomic E-state index is 12.4. The molecule has 1 aromatic carbocycles. The summed E-state index contributed by atoms with van der Waals surface area (Å²) in [6.07, 6.45) is 0. The maximum absolute atomic E-state index is 12.4. The van der Waals surface area contributed by atoms with Crippen molar-refractivity contribution in [2.75, 3.05) is 26.4 Å². The second-order valence-electron chi connectivity index (χ2n) is 4.94. The van der Waals surface area contributed by atoms with Crippen LogP contribution in [0.5, 0.6) is 0 Å². The van der Waals surface area contributed by atoms with Gasteiger partial charge in [0.1, 0.15) is 0 Å². The number of nitrogens with two attached hydrogens (primary N) is 1. The highest BCUT2D eigenvalue weighted by atomic mass is 32.1. The number of nitrogen functional groups attached to an aromatic ring is 1.